The van der Waals surface area contributed by atoms with Crippen LogP contribution in [-0.4, -0.2) is 39.0 Å². The molecular weight excluding hydrogens is 585 g/mol. The number of aliphatic hydroxyl groups excluding tert-OH is 1. The lowest BCUT2D eigenvalue weighted by molar-refractivity contribution is -0.162. The molecule has 5 rings (SSSR count). The first-order valence-corrected chi connectivity index (χ1v) is 22.6. The Morgan fingerprint density at radius 2 is 1.61 bits per heavy atom. The van der Waals surface area contributed by atoms with Gasteiger partial charge in [0.25, 0.3) is 0 Å². The van der Waals surface area contributed by atoms with Crippen LogP contribution < -0.4 is 4.43 Å². The first kappa shape index (κ1) is 36.4. The van der Waals surface area contributed by atoms with Crippen molar-refractivity contribution in [3.8, 4) is 5.75 Å². The molecule has 0 spiro atoms. The van der Waals surface area contributed by atoms with Crippen LogP contribution in [0, 0.1) is 23.2 Å². The molecule has 3 fully saturated rings. The topological polar surface area (TPSA) is 47.9 Å². The smallest absolute Gasteiger partial charge is 0.250 e. The highest BCUT2D eigenvalue weighted by Gasteiger charge is 2.57. The Morgan fingerprint density at radius 1 is 0.913 bits per heavy atom. The predicted molar refractivity (Wildman–Crippen MR) is 194 cm³/mol. The van der Waals surface area contributed by atoms with Crippen LogP contribution >= 0.6 is 0 Å². The van der Waals surface area contributed by atoms with Crippen LogP contribution in [-0.2, 0) is 15.9 Å². The van der Waals surface area contributed by atoms with E-state index in [4.69, 9.17) is 13.9 Å². The first-order valence-electron chi connectivity index (χ1n) is 19.7. The van der Waals surface area contributed by atoms with Gasteiger partial charge in [-0.2, -0.15) is 0 Å². The minimum absolute atomic E-state index is 0.0723. The van der Waals surface area contributed by atoms with Gasteiger partial charge in [-0.05, 0) is 135 Å². The highest BCUT2D eigenvalue weighted by molar-refractivity contribution is 6.74. The molecule has 1 heterocycles. The van der Waals surface area contributed by atoms with Crippen molar-refractivity contribution in [2.45, 2.75) is 186 Å². The third-order valence-electron chi connectivity index (χ3n) is 13.4. The zero-order chi connectivity index (χ0) is 32.8. The van der Waals surface area contributed by atoms with Crippen molar-refractivity contribution in [2.24, 2.45) is 23.2 Å². The molecule has 1 N–H and O–H groups in total. The third-order valence-corrected chi connectivity index (χ3v) is 17.8. The fourth-order valence-corrected chi connectivity index (χ4v) is 10.5. The number of fused-ring (bicyclic) bond motifs is 5. The molecule has 4 nitrogen and oxygen atoms in total. The van der Waals surface area contributed by atoms with Gasteiger partial charge in [0.2, 0.25) is 8.32 Å². The molecule has 4 aliphatic rings. The van der Waals surface area contributed by atoms with Gasteiger partial charge in [-0.1, -0.05) is 91.5 Å². The van der Waals surface area contributed by atoms with Crippen molar-refractivity contribution in [1.82, 2.24) is 0 Å². The molecule has 1 aromatic carbocycles. The zero-order valence-electron chi connectivity index (χ0n) is 30.7. The molecule has 1 aliphatic heterocycles. The van der Waals surface area contributed by atoms with Gasteiger partial charge in [0.15, 0.2) is 6.29 Å². The van der Waals surface area contributed by atoms with Crippen LogP contribution in [0.3, 0.4) is 0 Å². The van der Waals surface area contributed by atoms with Gasteiger partial charge in [0.1, 0.15) is 5.75 Å². The molecule has 46 heavy (non-hydrogen) atoms. The molecule has 0 bridgehead atoms. The zero-order valence-corrected chi connectivity index (χ0v) is 31.7. The number of aliphatic hydroxyl groups is 1. The molecule has 262 valence electrons. The summed E-state index contributed by atoms with van der Waals surface area (Å²) in [7, 11) is -1.84. The van der Waals surface area contributed by atoms with E-state index in [1.807, 2.05) is 0 Å². The Morgan fingerprint density at radius 3 is 2.28 bits per heavy atom. The lowest BCUT2D eigenvalue weighted by atomic mass is 9.55. The minimum Gasteiger partial charge on any atom is -0.543 e. The van der Waals surface area contributed by atoms with Crippen molar-refractivity contribution in [2.75, 3.05) is 13.2 Å². The molecule has 2 saturated carbocycles. The Bertz CT molecular complexity index is 1070. The molecule has 0 amide bonds. The molecule has 5 heteroatoms. The summed E-state index contributed by atoms with van der Waals surface area (Å²) in [6, 6.07) is 7.08. The summed E-state index contributed by atoms with van der Waals surface area (Å²) in [5, 5.41) is 11.9. The number of unbranched alkanes of at least 4 members (excludes halogenated alkanes) is 9. The first-order chi connectivity index (χ1) is 22.0. The standard InChI is InChI=1S/C41H70O4Si/c1-40(2,3)46(5,6)45-33-22-24-34-31(29-33)21-23-36-35(34)25-26-41(4)37(36)30-32(39(41)42)19-15-13-11-9-7-8-10-12-14-17-27-43-38-20-16-18-28-44-38/h22,24,29,32,35-39,42H,7-21,23,25-28,30H2,1-6H3/t32?,35-,36-,37+,38?,39+,41+/m1/s1. The summed E-state index contributed by atoms with van der Waals surface area (Å²) in [6.07, 6.45) is 24.1. The highest BCUT2D eigenvalue weighted by atomic mass is 28.4. The van der Waals surface area contributed by atoms with Gasteiger partial charge in [0.05, 0.1) is 6.10 Å². The summed E-state index contributed by atoms with van der Waals surface area (Å²) in [5.74, 6) is 3.66. The van der Waals surface area contributed by atoms with Crippen molar-refractivity contribution in [3.63, 3.8) is 0 Å². The number of rotatable bonds is 16. The average molecular weight is 655 g/mol. The van der Waals surface area contributed by atoms with Gasteiger partial charge < -0.3 is 19.0 Å². The third kappa shape index (κ3) is 8.82. The molecule has 7 atom stereocenters. The van der Waals surface area contributed by atoms with Crippen LogP contribution in [0.5, 0.6) is 5.75 Å². The number of hydrogen-bond acceptors (Lipinski definition) is 4. The predicted octanol–water partition coefficient (Wildman–Crippen LogP) is 11.3. The molecule has 0 radical (unpaired) electrons. The number of hydrogen-bond donors (Lipinski definition) is 1. The molecule has 2 unspecified atom stereocenters. The highest BCUT2D eigenvalue weighted by Crippen LogP contribution is 2.63. The monoisotopic (exact) mass is 655 g/mol. The molecule has 0 aromatic heterocycles. The Hall–Kier alpha value is -0.883. The van der Waals surface area contributed by atoms with Gasteiger partial charge in [0, 0.05) is 13.2 Å². The van der Waals surface area contributed by atoms with Gasteiger partial charge in [-0.25, -0.2) is 0 Å². The van der Waals surface area contributed by atoms with E-state index in [0.29, 0.717) is 17.8 Å². The summed E-state index contributed by atoms with van der Waals surface area (Å²) in [4.78, 5) is 0. The van der Waals surface area contributed by atoms with Gasteiger partial charge >= 0.3 is 0 Å². The van der Waals surface area contributed by atoms with Gasteiger partial charge in [-0.15, -0.1) is 0 Å². The Labute approximate surface area is 284 Å². The van der Waals surface area contributed by atoms with Crippen LogP contribution in [0.1, 0.15) is 160 Å². The van der Waals surface area contributed by atoms with Crippen molar-refractivity contribution >= 4 is 8.32 Å². The number of ether oxygens (including phenoxy) is 2. The summed E-state index contributed by atoms with van der Waals surface area (Å²) < 4.78 is 18.2. The SMILES string of the molecule is CC(C)(C)[Si](C)(C)Oc1ccc2c(c1)CC[C@@H]1[C@@H]2CC[C@]2(C)[C@@H](O)C(CCCCCCCCCCCCOC3CCCCO3)C[C@@H]12. The van der Waals surface area contributed by atoms with E-state index in [-0.39, 0.29) is 22.8 Å². The Kier molecular flexibility index (Phi) is 12.8. The quantitative estimate of drug-likeness (QED) is 0.142. The van der Waals surface area contributed by atoms with E-state index >= 15 is 0 Å². The summed E-state index contributed by atoms with van der Waals surface area (Å²) in [5.41, 5.74) is 3.24. The second-order valence-corrected chi connectivity index (χ2v) is 22.3. The summed E-state index contributed by atoms with van der Waals surface area (Å²) >= 11 is 0. The molecule has 1 aromatic rings. The van der Waals surface area contributed by atoms with Gasteiger partial charge in [-0.3, -0.25) is 0 Å². The fraction of sp³-hybridized carbons (Fsp3) is 0.854. The van der Waals surface area contributed by atoms with Crippen LogP contribution in [0.25, 0.3) is 0 Å². The number of aryl methyl sites for hydroxylation is 1. The lowest BCUT2D eigenvalue weighted by Crippen LogP contribution is -2.44. The minimum atomic E-state index is -1.84. The lowest BCUT2D eigenvalue weighted by Gasteiger charge is -2.50. The molecular formula is C41H70O4Si. The maximum absolute atomic E-state index is 11.7. The number of benzene rings is 1. The van der Waals surface area contributed by atoms with Crippen LogP contribution in [0.4, 0.5) is 0 Å². The fourth-order valence-electron chi connectivity index (χ4n) is 9.48. The average Bonchev–Trinajstić information content (AvgIpc) is 3.28. The van der Waals surface area contributed by atoms with E-state index < -0.39 is 8.32 Å². The van der Waals surface area contributed by atoms with E-state index in [1.54, 1.807) is 5.56 Å². The summed E-state index contributed by atoms with van der Waals surface area (Å²) in [6.45, 7) is 15.8. The maximum Gasteiger partial charge on any atom is 0.250 e. The van der Waals surface area contributed by atoms with Crippen LogP contribution in [0.2, 0.25) is 18.1 Å². The Balaban J connectivity index is 0.981. The van der Waals surface area contributed by atoms with E-state index in [1.165, 1.54) is 121 Å². The largest absolute Gasteiger partial charge is 0.543 e. The second-order valence-electron chi connectivity index (χ2n) is 17.6. The van der Waals surface area contributed by atoms with Crippen molar-refractivity contribution in [1.29, 1.82) is 0 Å². The van der Waals surface area contributed by atoms with E-state index in [2.05, 4.69) is 59.0 Å². The molecule has 1 saturated heterocycles. The van der Waals surface area contributed by atoms with Crippen molar-refractivity contribution in [3.05, 3.63) is 29.3 Å². The van der Waals surface area contributed by atoms with Crippen LogP contribution in [0.15, 0.2) is 18.2 Å². The van der Waals surface area contributed by atoms with E-state index in [0.717, 1.165) is 31.3 Å². The normalized spacial score (nSPS) is 31.3. The second kappa shape index (κ2) is 16.2. The van der Waals surface area contributed by atoms with E-state index in [9.17, 15) is 5.11 Å². The maximum atomic E-state index is 11.7. The van der Waals surface area contributed by atoms with Crippen molar-refractivity contribution < 1.29 is 19.0 Å². The molecule has 3 aliphatic carbocycles.